The Balaban J connectivity index is 0.000000215. The SMILES string of the molecule is O=C(CN1CCNC1)c1ccccc1.O=[N+]([O-])c1cc([N+](=O)[O-])c(O)c([N+](=O)[O-])c1. The first-order valence-electron chi connectivity index (χ1n) is 8.52. The molecule has 1 fully saturated rings. The zero-order valence-corrected chi connectivity index (χ0v) is 15.5. The van der Waals surface area contributed by atoms with E-state index in [-0.39, 0.29) is 5.78 Å². The van der Waals surface area contributed by atoms with Crippen LogP contribution in [0.3, 0.4) is 0 Å². The van der Waals surface area contributed by atoms with Gasteiger partial charge in [-0.1, -0.05) is 30.3 Å². The van der Waals surface area contributed by atoms with Crippen molar-refractivity contribution in [2.75, 3.05) is 26.3 Å². The number of hydrogen-bond donors (Lipinski definition) is 2. The number of carbonyl (C=O) groups excluding carboxylic acids is 1. The van der Waals surface area contributed by atoms with Gasteiger partial charge in [-0.2, -0.15) is 0 Å². The molecule has 30 heavy (non-hydrogen) atoms. The molecule has 0 saturated carbocycles. The zero-order valence-electron chi connectivity index (χ0n) is 15.5. The molecule has 0 radical (unpaired) electrons. The number of nitrogens with one attached hydrogen (secondary N) is 1. The summed E-state index contributed by atoms with van der Waals surface area (Å²) in [4.78, 5) is 41.6. The van der Waals surface area contributed by atoms with Crippen LogP contribution < -0.4 is 5.32 Å². The summed E-state index contributed by atoms with van der Waals surface area (Å²) < 4.78 is 0. The summed E-state index contributed by atoms with van der Waals surface area (Å²) in [7, 11) is 0. The Hall–Kier alpha value is -3.97. The highest BCUT2D eigenvalue weighted by Gasteiger charge is 2.30. The quantitative estimate of drug-likeness (QED) is 0.398. The second kappa shape index (κ2) is 9.99. The second-order valence-electron chi connectivity index (χ2n) is 6.10. The number of hydrogen-bond acceptors (Lipinski definition) is 10. The van der Waals surface area contributed by atoms with E-state index in [0.29, 0.717) is 18.7 Å². The Bertz CT molecular complexity index is 925. The maximum Gasteiger partial charge on any atom is 0.324 e. The van der Waals surface area contributed by atoms with Crippen LogP contribution in [0.15, 0.2) is 42.5 Å². The minimum absolute atomic E-state index is 0.203. The molecule has 0 bridgehead atoms. The number of rotatable bonds is 6. The van der Waals surface area contributed by atoms with Crippen molar-refractivity contribution in [3.8, 4) is 5.75 Å². The minimum Gasteiger partial charge on any atom is -0.497 e. The highest BCUT2D eigenvalue weighted by Crippen LogP contribution is 2.38. The van der Waals surface area contributed by atoms with Crippen molar-refractivity contribution in [3.63, 3.8) is 0 Å². The number of carbonyl (C=O) groups is 1. The van der Waals surface area contributed by atoms with Crippen molar-refractivity contribution in [2.24, 2.45) is 0 Å². The molecular weight excluding hydrogens is 402 g/mol. The number of nitrogens with zero attached hydrogens (tertiary/aromatic N) is 4. The van der Waals surface area contributed by atoms with Crippen LogP contribution in [0.5, 0.6) is 5.75 Å². The third-order valence-electron chi connectivity index (χ3n) is 4.06. The summed E-state index contributed by atoms with van der Waals surface area (Å²) in [6.07, 6.45) is 0. The van der Waals surface area contributed by atoms with Gasteiger partial charge in [0.25, 0.3) is 11.4 Å². The molecule has 0 unspecified atom stereocenters. The van der Waals surface area contributed by atoms with E-state index in [4.69, 9.17) is 5.11 Å². The molecule has 13 heteroatoms. The van der Waals surface area contributed by atoms with Gasteiger partial charge in [0.2, 0.25) is 0 Å². The molecule has 2 N–H and O–H groups in total. The first kappa shape index (κ1) is 22.3. The number of aromatic hydroxyl groups is 1. The van der Waals surface area contributed by atoms with Crippen LogP contribution in [0.4, 0.5) is 17.1 Å². The van der Waals surface area contributed by atoms with E-state index >= 15 is 0 Å². The third-order valence-corrected chi connectivity index (χ3v) is 4.06. The van der Waals surface area contributed by atoms with Gasteiger partial charge >= 0.3 is 11.4 Å². The van der Waals surface area contributed by atoms with E-state index in [1.807, 2.05) is 30.3 Å². The van der Waals surface area contributed by atoms with E-state index in [2.05, 4.69) is 10.2 Å². The van der Waals surface area contributed by atoms with Crippen LogP contribution in [-0.4, -0.2) is 56.9 Å². The number of benzene rings is 2. The van der Waals surface area contributed by atoms with Gasteiger partial charge in [-0.3, -0.25) is 40.0 Å². The van der Waals surface area contributed by atoms with Crippen LogP contribution in [0, 0.1) is 30.3 Å². The summed E-state index contributed by atoms with van der Waals surface area (Å²) in [6.45, 7) is 3.32. The van der Waals surface area contributed by atoms with E-state index in [1.54, 1.807) is 0 Å². The number of Topliss-reactive ketones (excluding diaryl/α,β-unsaturated/α-hetero) is 1. The highest BCUT2D eigenvalue weighted by atomic mass is 16.6. The summed E-state index contributed by atoms with van der Waals surface area (Å²) in [5.74, 6) is -1.00. The lowest BCUT2D eigenvalue weighted by Crippen LogP contribution is -2.28. The maximum atomic E-state index is 11.7. The molecule has 0 spiro atoms. The Labute approximate surface area is 169 Å². The van der Waals surface area contributed by atoms with Crippen LogP contribution in [0.1, 0.15) is 10.4 Å². The Morgan fingerprint density at radius 1 is 1.00 bits per heavy atom. The van der Waals surface area contributed by atoms with Crippen molar-refractivity contribution in [1.29, 1.82) is 0 Å². The van der Waals surface area contributed by atoms with E-state index in [0.717, 1.165) is 25.3 Å². The zero-order chi connectivity index (χ0) is 22.3. The topological polar surface area (TPSA) is 182 Å². The Morgan fingerprint density at radius 2 is 1.57 bits per heavy atom. The predicted octanol–water partition coefficient (Wildman–Crippen LogP) is 1.85. The summed E-state index contributed by atoms with van der Waals surface area (Å²) in [5, 5.41) is 43.4. The second-order valence-corrected chi connectivity index (χ2v) is 6.10. The van der Waals surface area contributed by atoms with Gasteiger partial charge in [0.05, 0.1) is 33.4 Å². The van der Waals surface area contributed by atoms with Gasteiger partial charge in [0.15, 0.2) is 5.78 Å². The molecular formula is C17H17N5O8. The first-order valence-corrected chi connectivity index (χ1v) is 8.52. The van der Waals surface area contributed by atoms with Gasteiger partial charge in [0.1, 0.15) is 0 Å². The molecule has 1 aliphatic heterocycles. The number of non-ortho nitro benzene ring substituents is 1. The van der Waals surface area contributed by atoms with Gasteiger partial charge < -0.3 is 10.4 Å². The first-order chi connectivity index (χ1) is 14.2. The smallest absolute Gasteiger partial charge is 0.324 e. The van der Waals surface area contributed by atoms with Crippen LogP contribution in [0.2, 0.25) is 0 Å². The summed E-state index contributed by atoms with van der Waals surface area (Å²) in [5.41, 5.74) is -2.20. The minimum atomic E-state index is -1.21. The van der Waals surface area contributed by atoms with E-state index < -0.39 is 37.6 Å². The number of nitro benzene ring substituents is 3. The van der Waals surface area contributed by atoms with Gasteiger partial charge in [-0.05, 0) is 0 Å². The van der Waals surface area contributed by atoms with Crippen molar-refractivity contribution >= 4 is 22.8 Å². The summed E-state index contributed by atoms with van der Waals surface area (Å²) >= 11 is 0. The molecule has 158 valence electrons. The van der Waals surface area contributed by atoms with Crippen molar-refractivity contribution in [3.05, 3.63) is 78.4 Å². The molecule has 0 atom stereocenters. The Morgan fingerprint density at radius 3 is 2.00 bits per heavy atom. The molecule has 1 heterocycles. The molecule has 0 amide bonds. The molecule has 13 nitrogen and oxygen atoms in total. The van der Waals surface area contributed by atoms with Crippen molar-refractivity contribution in [2.45, 2.75) is 0 Å². The average Bonchev–Trinajstić information content (AvgIpc) is 3.21. The number of phenols is 1. The van der Waals surface area contributed by atoms with Crippen LogP contribution in [0.25, 0.3) is 0 Å². The number of phenolic OH excluding ortho intramolecular Hbond substituents is 1. The molecule has 1 aliphatic rings. The lowest BCUT2D eigenvalue weighted by Gasteiger charge is -2.11. The van der Waals surface area contributed by atoms with E-state index in [9.17, 15) is 35.1 Å². The molecule has 0 aliphatic carbocycles. The monoisotopic (exact) mass is 419 g/mol. The largest absolute Gasteiger partial charge is 0.497 e. The fourth-order valence-electron chi connectivity index (χ4n) is 2.58. The lowest BCUT2D eigenvalue weighted by atomic mass is 10.1. The predicted molar refractivity (Wildman–Crippen MR) is 103 cm³/mol. The third kappa shape index (κ3) is 5.76. The molecule has 2 aromatic rings. The Kier molecular flexibility index (Phi) is 7.44. The number of ketones is 1. The number of nitro groups is 3. The van der Waals surface area contributed by atoms with Crippen molar-refractivity contribution < 1.29 is 24.7 Å². The molecule has 1 saturated heterocycles. The van der Waals surface area contributed by atoms with E-state index in [1.165, 1.54) is 0 Å². The van der Waals surface area contributed by atoms with Crippen LogP contribution >= 0.6 is 0 Å². The van der Waals surface area contributed by atoms with Gasteiger partial charge in [-0.25, -0.2) is 0 Å². The summed E-state index contributed by atoms with van der Waals surface area (Å²) in [6, 6.07) is 10.3. The van der Waals surface area contributed by atoms with Crippen molar-refractivity contribution in [1.82, 2.24) is 10.2 Å². The normalized spacial score (nSPS) is 13.2. The molecule has 3 rings (SSSR count). The van der Waals surface area contributed by atoms with Gasteiger partial charge in [0, 0.05) is 25.3 Å². The van der Waals surface area contributed by atoms with Crippen LogP contribution in [-0.2, 0) is 0 Å². The standard InChI is InChI=1S/C11H14N2O.C6H3N3O7/c14-11(8-13-7-6-12-9-13)10-4-2-1-3-5-10;10-6-4(8(13)14)1-3(7(11)12)2-5(6)9(15)16/h1-5,12H,6-9H2;1-2,10H. The molecule has 0 aromatic heterocycles. The fourth-order valence-corrected chi connectivity index (χ4v) is 2.58. The maximum absolute atomic E-state index is 11.7. The highest BCUT2D eigenvalue weighted by molar-refractivity contribution is 5.97. The fraction of sp³-hybridized carbons (Fsp3) is 0.235. The molecule has 2 aromatic carbocycles. The average molecular weight is 419 g/mol. The lowest BCUT2D eigenvalue weighted by molar-refractivity contribution is -0.404. The van der Waals surface area contributed by atoms with Gasteiger partial charge in [-0.15, -0.1) is 0 Å².